The summed E-state index contributed by atoms with van der Waals surface area (Å²) in [6.07, 6.45) is 2.58. The molecule has 2 heterocycles. The highest BCUT2D eigenvalue weighted by molar-refractivity contribution is 7.85. The first-order valence-corrected chi connectivity index (χ1v) is 14.6. The molecule has 2 aliphatic heterocycles. The van der Waals surface area contributed by atoms with Crippen LogP contribution in [0, 0.1) is 0 Å². The molecule has 2 aromatic rings. The van der Waals surface area contributed by atoms with Crippen LogP contribution in [0.3, 0.4) is 0 Å². The molecule has 0 aliphatic carbocycles. The fourth-order valence-corrected chi connectivity index (χ4v) is 7.51. The molecule has 4 rings (SSSR count). The standard InChI is InChI=1S/C28H36Cl2N2O3S/c1-27(2,3)35-26(33)31(4)18-21(20-9-10-23(29)24(30)17-20)11-14-32-15-12-28(13-16-32)19-36(34)25-8-6-5-7-22(25)28/h5-10,17,21H,11-16,18-19H2,1-4H3/t21-,36?/m1/s1. The van der Waals surface area contributed by atoms with Crippen molar-refractivity contribution in [2.45, 2.75) is 61.9 Å². The molecule has 2 aliphatic rings. The Labute approximate surface area is 227 Å². The number of amides is 1. The maximum atomic E-state index is 12.7. The minimum absolute atomic E-state index is 0.0397. The number of fused-ring (bicyclic) bond motifs is 2. The van der Waals surface area contributed by atoms with E-state index in [1.807, 2.05) is 51.1 Å². The van der Waals surface area contributed by atoms with Crippen molar-refractivity contribution in [3.8, 4) is 0 Å². The van der Waals surface area contributed by atoms with Crippen molar-refractivity contribution in [3.63, 3.8) is 0 Å². The van der Waals surface area contributed by atoms with Crippen molar-refractivity contribution in [1.29, 1.82) is 0 Å². The molecule has 5 nitrogen and oxygen atoms in total. The molecular formula is C28H36Cl2N2O3S. The van der Waals surface area contributed by atoms with E-state index >= 15 is 0 Å². The summed E-state index contributed by atoms with van der Waals surface area (Å²) in [7, 11) is 0.883. The van der Waals surface area contributed by atoms with Gasteiger partial charge in [-0.1, -0.05) is 47.5 Å². The lowest BCUT2D eigenvalue weighted by atomic mass is 9.74. The van der Waals surface area contributed by atoms with Gasteiger partial charge in [0.05, 0.1) is 20.8 Å². The Morgan fingerprint density at radius 3 is 2.50 bits per heavy atom. The molecule has 36 heavy (non-hydrogen) atoms. The van der Waals surface area contributed by atoms with Gasteiger partial charge >= 0.3 is 6.09 Å². The summed E-state index contributed by atoms with van der Waals surface area (Å²) in [6, 6.07) is 14.0. The number of benzene rings is 2. The largest absolute Gasteiger partial charge is 0.444 e. The maximum Gasteiger partial charge on any atom is 0.410 e. The van der Waals surface area contributed by atoms with Gasteiger partial charge in [-0.15, -0.1) is 0 Å². The lowest BCUT2D eigenvalue weighted by molar-refractivity contribution is 0.0284. The summed E-state index contributed by atoms with van der Waals surface area (Å²) in [4.78, 5) is 17.8. The number of nitrogens with zero attached hydrogens (tertiary/aromatic N) is 2. The van der Waals surface area contributed by atoms with Gasteiger partial charge in [0.25, 0.3) is 0 Å². The first-order valence-electron chi connectivity index (χ1n) is 12.6. The van der Waals surface area contributed by atoms with Crippen LogP contribution in [-0.2, 0) is 21.0 Å². The molecule has 0 radical (unpaired) electrons. The van der Waals surface area contributed by atoms with Crippen LogP contribution >= 0.6 is 23.2 Å². The van der Waals surface area contributed by atoms with E-state index in [2.05, 4.69) is 17.0 Å². The number of likely N-dealkylation sites (N-methyl/N-ethyl adjacent to an activating group) is 1. The van der Waals surface area contributed by atoms with E-state index in [9.17, 15) is 9.00 Å². The maximum absolute atomic E-state index is 12.7. The number of ether oxygens (including phenoxy) is 1. The quantitative estimate of drug-likeness (QED) is 0.412. The van der Waals surface area contributed by atoms with Crippen molar-refractivity contribution < 1.29 is 13.7 Å². The van der Waals surface area contributed by atoms with Crippen LogP contribution in [0.1, 0.15) is 57.1 Å². The van der Waals surface area contributed by atoms with E-state index in [4.69, 9.17) is 27.9 Å². The van der Waals surface area contributed by atoms with Gasteiger partial charge in [-0.2, -0.15) is 0 Å². The van der Waals surface area contributed by atoms with Gasteiger partial charge in [-0.25, -0.2) is 4.79 Å². The lowest BCUT2D eigenvalue weighted by Crippen LogP contribution is -2.44. The van der Waals surface area contributed by atoms with Crippen molar-refractivity contribution in [1.82, 2.24) is 9.80 Å². The van der Waals surface area contributed by atoms with Gasteiger partial charge in [0, 0.05) is 35.6 Å². The topological polar surface area (TPSA) is 49.9 Å². The summed E-state index contributed by atoms with van der Waals surface area (Å²) in [5.41, 5.74) is 1.85. The Hall–Kier alpha value is -1.60. The average Bonchev–Trinajstić information content (AvgIpc) is 3.10. The van der Waals surface area contributed by atoms with E-state index in [0.29, 0.717) is 16.6 Å². The van der Waals surface area contributed by atoms with Crippen LogP contribution in [0.15, 0.2) is 47.4 Å². The second-order valence-corrected chi connectivity index (χ2v) is 13.4. The third-order valence-corrected chi connectivity index (χ3v) is 9.73. The number of piperidine rings is 1. The van der Waals surface area contributed by atoms with Crippen LogP contribution in [0.2, 0.25) is 10.0 Å². The molecular weight excluding hydrogens is 515 g/mol. The van der Waals surface area contributed by atoms with Gasteiger partial charge in [0.15, 0.2) is 0 Å². The normalized spacial score (nSPS) is 20.2. The van der Waals surface area contributed by atoms with Gasteiger partial charge in [0.1, 0.15) is 5.60 Å². The van der Waals surface area contributed by atoms with Crippen molar-refractivity contribution >= 4 is 40.1 Å². The SMILES string of the molecule is CN(C[C@@H](CCN1CCC2(CC1)CS(=O)c1ccccc12)c1ccc(Cl)c(Cl)c1)C(=O)OC(C)(C)C. The number of hydrogen-bond donors (Lipinski definition) is 0. The average molecular weight is 552 g/mol. The summed E-state index contributed by atoms with van der Waals surface area (Å²) in [5, 5.41) is 1.04. The summed E-state index contributed by atoms with van der Waals surface area (Å²) in [6.45, 7) is 9.00. The zero-order chi connectivity index (χ0) is 26.1. The van der Waals surface area contributed by atoms with E-state index < -0.39 is 16.4 Å². The number of rotatable bonds is 6. The minimum atomic E-state index is -0.896. The predicted molar refractivity (Wildman–Crippen MR) is 148 cm³/mol. The molecule has 1 amide bonds. The van der Waals surface area contributed by atoms with E-state index in [1.165, 1.54) is 5.56 Å². The molecule has 0 N–H and O–H groups in total. The minimum Gasteiger partial charge on any atom is -0.444 e. The molecule has 1 saturated heterocycles. The second-order valence-electron chi connectivity index (χ2n) is 11.1. The highest BCUT2D eigenvalue weighted by Crippen LogP contribution is 2.45. The highest BCUT2D eigenvalue weighted by atomic mass is 35.5. The van der Waals surface area contributed by atoms with Gasteiger partial charge in [-0.3, -0.25) is 4.21 Å². The summed E-state index contributed by atoms with van der Waals surface area (Å²) < 4.78 is 18.3. The van der Waals surface area contributed by atoms with Crippen LogP contribution < -0.4 is 0 Å². The third kappa shape index (κ3) is 6.27. The molecule has 0 bridgehead atoms. The highest BCUT2D eigenvalue weighted by Gasteiger charge is 2.44. The molecule has 8 heteroatoms. The van der Waals surface area contributed by atoms with E-state index in [1.54, 1.807) is 11.9 Å². The molecule has 1 spiro atoms. The van der Waals surface area contributed by atoms with E-state index in [0.717, 1.165) is 55.1 Å². The van der Waals surface area contributed by atoms with Crippen LogP contribution in [-0.4, -0.2) is 64.7 Å². The van der Waals surface area contributed by atoms with Crippen LogP contribution in [0.25, 0.3) is 0 Å². The van der Waals surface area contributed by atoms with Crippen molar-refractivity contribution in [3.05, 3.63) is 63.6 Å². The molecule has 1 unspecified atom stereocenters. The van der Waals surface area contributed by atoms with Gasteiger partial charge in [-0.05, 0) is 89.0 Å². The first-order chi connectivity index (χ1) is 17.0. The van der Waals surface area contributed by atoms with Crippen molar-refractivity contribution in [2.24, 2.45) is 0 Å². The Morgan fingerprint density at radius 2 is 1.83 bits per heavy atom. The molecule has 0 aromatic heterocycles. The molecule has 2 aromatic carbocycles. The molecule has 1 fully saturated rings. The Balaban J connectivity index is 1.42. The Kier molecular flexibility index (Phi) is 8.40. The Morgan fingerprint density at radius 1 is 1.14 bits per heavy atom. The predicted octanol–water partition coefficient (Wildman–Crippen LogP) is 6.49. The smallest absolute Gasteiger partial charge is 0.410 e. The second kappa shape index (κ2) is 11.0. The Bertz CT molecular complexity index is 1130. The number of halogens is 2. The summed E-state index contributed by atoms with van der Waals surface area (Å²) in [5.74, 6) is 0.833. The van der Waals surface area contributed by atoms with Gasteiger partial charge < -0.3 is 14.5 Å². The number of hydrogen-bond acceptors (Lipinski definition) is 4. The number of carbonyl (C=O) groups excluding carboxylic acids is 1. The van der Waals surface area contributed by atoms with Gasteiger partial charge in [0.2, 0.25) is 0 Å². The fraction of sp³-hybridized carbons (Fsp3) is 0.536. The van der Waals surface area contributed by atoms with Crippen molar-refractivity contribution in [2.75, 3.05) is 39.0 Å². The zero-order valence-electron chi connectivity index (χ0n) is 21.6. The molecule has 196 valence electrons. The fourth-order valence-electron chi connectivity index (χ4n) is 5.34. The summed E-state index contributed by atoms with van der Waals surface area (Å²) >= 11 is 12.5. The monoisotopic (exact) mass is 550 g/mol. The third-order valence-electron chi connectivity index (χ3n) is 7.33. The molecule has 2 atom stereocenters. The van der Waals surface area contributed by atoms with Crippen LogP contribution in [0.4, 0.5) is 4.79 Å². The first kappa shape index (κ1) is 27.4. The van der Waals surface area contributed by atoms with Crippen LogP contribution in [0.5, 0.6) is 0 Å². The molecule has 0 saturated carbocycles. The van der Waals surface area contributed by atoms with E-state index in [-0.39, 0.29) is 17.4 Å². The number of likely N-dealkylation sites (tertiary alicyclic amines) is 1. The zero-order valence-corrected chi connectivity index (χ0v) is 23.9. The lowest BCUT2D eigenvalue weighted by Gasteiger charge is -2.40. The number of carbonyl (C=O) groups is 1.